The molecule has 3 N–H and O–H groups in total. The van der Waals surface area contributed by atoms with Gasteiger partial charge in [0.15, 0.2) is 12.6 Å². The highest BCUT2D eigenvalue weighted by molar-refractivity contribution is 5.93. The molecule has 1 aromatic carbocycles. The van der Waals surface area contributed by atoms with Gasteiger partial charge in [0, 0.05) is 11.7 Å². The van der Waals surface area contributed by atoms with E-state index in [1.807, 2.05) is 13.1 Å². The van der Waals surface area contributed by atoms with Crippen molar-refractivity contribution in [1.29, 1.82) is 5.26 Å². The number of quaternary nitrogens is 1. The van der Waals surface area contributed by atoms with E-state index < -0.39 is 0 Å². The summed E-state index contributed by atoms with van der Waals surface area (Å²) in [6.45, 7) is 2.07. The molecule has 2 rings (SSSR count). The van der Waals surface area contributed by atoms with Crippen molar-refractivity contribution in [2.75, 3.05) is 18.9 Å². The van der Waals surface area contributed by atoms with Crippen LogP contribution in [-0.2, 0) is 9.59 Å². The summed E-state index contributed by atoms with van der Waals surface area (Å²) in [4.78, 5) is 24.8. The molecule has 0 aliphatic heterocycles. The molecule has 1 aromatic rings. The molecule has 1 unspecified atom stereocenters. The third-order valence-corrected chi connectivity index (χ3v) is 3.80. The summed E-state index contributed by atoms with van der Waals surface area (Å²) in [6, 6.07) is 8.71. The third-order valence-electron chi connectivity index (χ3n) is 3.80. The lowest BCUT2D eigenvalue weighted by molar-refractivity contribution is -0.885. The van der Waals surface area contributed by atoms with Crippen molar-refractivity contribution in [3.8, 4) is 6.07 Å². The van der Waals surface area contributed by atoms with E-state index in [1.54, 1.807) is 31.2 Å². The molecular formula is C16H21N4O2+. The fraction of sp³-hybridized carbons (Fsp3) is 0.438. The van der Waals surface area contributed by atoms with E-state index in [0.29, 0.717) is 17.3 Å². The second-order valence-electron chi connectivity index (χ2n) is 5.77. The van der Waals surface area contributed by atoms with Crippen LogP contribution in [0.2, 0.25) is 0 Å². The number of nitrogens with one attached hydrogen (secondary N) is 3. The van der Waals surface area contributed by atoms with Gasteiger partial charge in [-0.1, -0.05) is 0 Å². The van der Waals surface area contributed by atoms with Crippen LogP contribution in [0.3, 0.4) is 0 Å². The number of carbonyl (C=O) groups is 2. The molecule has 116 valence electrons. The zero-order chi connectivity index (χ0) is 16.1. The second kappa shape index (κ2) is 7.05. The molecule has 0 saturated heterocycles. The van der Waals surface area contributed by atoms with Crippen LogP contribution in [0.25, 0.3) is 0 Å². The molecule has 1 fully saturated rings. The summed E-state index contributed by atoms with van der Waals surface area (Å²) < 4.78 is 0. The molecule has 0 aromatic heterocycles. The van der Waals surface area contributed by atoms with E-state index in [9.17, 15) is 9.59 Å². The van der Waals surface area contributed by atoms with Crippen molar-refractivity contribution >= 4 is 17.5 Å². The lowest BCUT2D eigenvalue weighted by atomic mass is 10.2. The van der Waals surface area contributed by atoms with E-state index in [4.69, 9.17) is 5.26 Å². The van der Waals surface area contributed by atoms with Gasteiger partial charge in [-0.2, -0.15) is 5.26 Å². The van der Waals surface area contributed by atoms with Gasteiger partial charge in [0.2, 0.25) is 0 Å². The fourth-order valence-corrected chi connectivity index (χ4v) is 2.02. The molecule has 6 heteroatoms. The quantitative estimate of drug-likeness (QED) is 0.673. The zero-order valence-corrected chi connectivity index (χ0v) is 12.8. The number of likely N-dealkylation sites (N-methyl/N-ethyl adjacent to an activating group) is 1. The van der Waals surface area contributed by atoms with E-state index in [0.717, 1.165) is 17.7 Å². The van der Waals surface area contributed by atoms with Gasteiger partial charge in [-0.05, 0) is 44.0 Å². The number of nitriles is 1. The maximum atomic E-state index is 12.2. The number of nitrogens with zero attached hydrogens (tertiary/aromatic N) is 1. The largest absolute Gasteiger partial charge is 0.348 e. The van der Waals surface area contributed by atoms with Gasteiger partial charge in [-0.15, -0.1) is 0 Å². The molecule has 2 amide bonds. The molecule has 1 aliphatic rings. The van der Waals surface area contributed by atoms with E-state index in [-0.39, 0.29) is 24.4 Å². The summed E-state index contributed by atoms with van der Waals surface area (Å²) in [5.41, 5.74) is 1.19. The van der Waals surface area contributed by atoms with E-state index in [1.165, 1.54) is 0 Å². The zero-order valence-electron chi connectivity index (χ0n) is 12.8. The molecule has 0 heterocycles. The molecule has 0 bridgehead atoms. The smallest absolute Gasteiger partial charge is 0.282 e. The van der Waals surface area contributed by atoms with Crippen LogP contribution in [0.15, 0.2) is 24.3 Å². The van der Waals surface area contributed by atoms with Crippen molar-refractivity contribution in [1.82, 2.24) is 5.32 Å². The Bertz CT molecular complexity index is 587. The third kappa shape index (κ3) is 4.57. The molecule has 6 nitrogen and oxygen atoms in total. The number of carbonyl (C=O) groups excluding carboxylic acids is 2. The van der Waals surface area contributed by atoms with Gasteiger partial charge in [-0.3, -0.25) is 9.59 Å². The lowest BCUT2D eigenvalue weighted by Gasteiger charge is -2.20. The first-order valence-corrected chi connectivity index (χ1v) is 7.42. The van der Waals surface area contributed by atoms with Crippen LogP contribution in [0.5, 0.6) is 0 Å². The Morgan fingerprint density at radius 3 is 2.55 bits per heavy atom. The first-order chi connectivity index (χ1) is 10.5. The lowest BCUT2D eigenvalue weighted by Crippen LogP contribution is -3.15. The Kier molecular flexibility index (Phi) is 5.12. The minimum absolute atomic E-state index is 0.0157. The van der Waals surface area contributed by atoms with E-state index in [2.05, 4.69) is 10.6 Å². The number of benzene rings is 1. The summed E-state index contributed by atoms with van der Waals surface area (Å²) in [7, 11) is 1.83. The van der Waals surface area contributed by atoms with Crippen molar-refractivity contribution in [3.05, 3.63) is 29.8 Å². The Balaban J connectivity index is 1.84. The first-order valence-electron chi connectivity index (χ1n) is 7.42. The first kappa shape index (κ1) is 16.0. The average molecular weight is 301 g/mol. The van der Waals surface area contributed by atoms with Crippen LogP contribution in [0, 0.1) is 11.3 Å². The second-order valence-corrected chi connectivity index (χ2v) is 5.77. The SMILES string of the molecule is C[C@H](C(=O)Nc1ccc(C#N)cc1)[NH+](C)CC(=O)NC1CC1. The Morgan fingerprint density at radius 1 is 1.36 bits per heavy atom. The van der Waals surface area contributed by atoms with Gasteiger partial charge >= 0.3 is 0 Å². The van der Waals surface area contributed by atoms with Gasteiger partial charge in [-0.25, -0.2) is 0 Å². The monoisotopic (exact) mass is 301 g/mol. The predicted octanol–water partition coefficient (Wildman–Crippen LogP) is -0.321. The number of hydrogen-bond donors (Lipinski definition) is 3. The van der Waals surface area contributed by atoms with Crippen molar-refractivity contribution in [2.24, 2.45) is 0 Å². The van der Waals surface area contributed by atoms with Crippen LogP contribution < -0.4 is 15.5 Å². The van der Waals surface area contributed by atoms with Crippen molar-refractivity contribution in [3.63, 3.8) is 0 Å². The van der Waals surface area contributed by atoms with Gasteiger partial charge in [0.1, 0.15) is 0 Å². The maximum Gasteiger partial charge on any atom is 0.282 e. The summed E-state index contributed by atoms with van der Waals surface area (Å²) in [6.07, 6.45) is 2.11. The molecule has 1 aliphatic carbocycles. The van der Waals surface area contributed by atoms with Gasteiger partial charge in [0.05, 0.1) is 18.7 Å². The highest BCUT2D eigenvalue weighted by Crippen LogP contribution is 2.18. The van der Waals surface area contributed by atoms with Crippen molar-refractivity contribution in [2.45, 2.75) is 31.8 Å². The summed E-state index contributed by atoms with van der Waals surface area (Å²) in [5.74, 6) is -0.167. The molecule has 22 heavy (non-hydrogen) atoms. The minimum atomic E-state index is -0.347. The van der Waals surface area contributed by atoms with Crippen LogP contribution in [-0.4, -0.2) is 37.5 Å². The minimum Gasteiger partial charge on any atom is -0.348 e. The number of anilines is 1. The number of amides is 2. The fourth-order valence-electron chi connectivity index (χ4n) is 2.02. The molecule has 2 atom stereocenters. The molecule has 0 spiro atoms. The topological polar surface area (TPSA) is 86.4 Å². The molecular weight excluding hydrogens is 280 g/mol. The highest BCUT2D eigenvalue weighted by atomic mass is 16.2. The Hall–Kier alpha value is -2.39. The van der Waals surface area contributed by atoms with Gasteiger partial charge < -0.3 is 15.5 Å². The van der Waals surface area contributed by atoms with Crippen LogP contribution >= 0.6 is 0 Å². The van der Waals surface area contributed by atoms with Crippen LogP contribution in [0.4, 0.5) is 5.69 Å². The van der Waals surface area contributed by atoms with Crippen molar-refractivity contribution < 1.29 is 14.5 Å². The molecule has 0 radical (unpaired) electrons. The standard InChI is InChI=1S/C16H20N4O2/c1-11(20(2)10-15(21)18-13-7-8-13)16(22)19-14-5-3-12(9-17)4-6-14/h3-6,11,13H,7-8,10H2,1-2H3,(H,18,21)(H,19,22)/p+1/t11-/m1/s1. The van der Waals surface area contributed by atoms with E-state index >= 15 is 0 Å². The average Bonchev–Trinajstić information content (AvgIpc) is 3.30. The normalized spacial score (nSPS) is 16.2. The van der Waals surface area contributed by atoms with Gasteiger partial charge in [0.25, 0.3) is 11.8 Å². The predicted molar refractivity (Wildman–Crippen MR) is 82.2 cm³/mol. The number of rotatable bonds is 6. The number of hydrogen-bond acceptors (Lipinski definition) is 3. The Labute approximate surface area is 130 Å². The summed E-state index contributed by atoms with van der Waals surface area (Å²) in [5, 5.41) is 14.5. The summed E-state index contributed by atoms with van der Waals surface area (Å²) >= 11 is 0. The van der Waals surface area contributed by atoms with Crippen LogP contribution in [0.1, 0.15) is 25.3 Å². The Morgan fingerprint density at radius 2 is 2.00 bits per heavy atom. The highest BCUT2D eigenvalue weighted by Gasteiger charge is 2.27. The maximum absolute atomic E-state index is 12.2. The molecule has 1 saturated carbocycles.